The molecule has 1 N–H and O–H groups in total. The summed E-state index contributed by atoms with van der Waals surface area (Å²) in [4.78, 5) is 19.1. The highest BCUT2D eigenvalue weighted by molar-refractivity contribution is 8.17. The molecule has 0 atom stereocenters. The minimum absolute atomic E-state index is 0.134. The van der Waals surface area contributed by atoms with E-state index in [1.54, 1.807) is 11.0 Å². The highest BCUT2D eigenvalue weighted by Gasteiger charge is 2.36. The van der Waals surface area contributed by atoms with Crippen molar-refractivity contribution in [3.63, 3.8) is 0 Å². The molecule has 3 heterocycles. The second kappa shape index (κ2) is 9.84. The van der Waals surface area contributed by atoms with Crippen LogP contribution in [0.15, 0.2) is 95.0 Å². The summed E-state index contributed by atoms with van der Waals surface area (Å²) < 4.78 is 8.22. The number of hydrogen-bond donors (Lipinski definition) is 1. The third-order valence-corrected chi connectivity index (χ3v) is 7.55. The summed E-state index contributed by atoms with van der Waals surface area (Å²) in [5, 5.41) is 12.4. The molecule has 0 fully saturated rings. The van der Waals surface area contributed by atoms with E-state index in [0.29, 0.717) is 18.3 Å². The standard InChI is InChI=1S/C31H26N4O2S/c1-20-12-13-28(21(2)16-20)37-15-14-34-18-23(24-10-6-7-11-26(24)34)17-25-29(32)35-27(22-8-4-3-5-9-22)19-38-31(35)33-30(25)36/h3-13,16-19,32H,14-15H2,1-2H3/b25-17-,32-29?. The van der Waals surface area contributed by atoms with E-state index in [1.807, 2.05) is 66.2 Å². The normalized spacial score (nSPS) is 16.2. The number of rotatable bonds is 6. The van der Waals surface area contributed by atoms with Crippen molar-refractivity contribution in [2.75, 3.05) is 6.61 Å². The number of carbonyl (C=O) groups excluding carboxylic acids is 1. The maximum Gasteiger partial charge on any atom is 0.283 e. The van der Waals surface area contributed by atoms with E-state index in [9.17, 15) is 4.79 Å². The van der Waals surface area contributed by atoms with Crippen LogP contribution in [-0.2, 0) is 11.3 Å². The van der Waals surface area contributed by atoms with Gasteiger partial charge in [-0.25, -0.2) is 0 Å². The maximum atomic E-state index is 13.0. The first-order valence-corrected chi connectivity index (χ1v) is 13.3. The molecule has 4 aromatic rings. The van der Waals surface area contributed by atoms with Gasteiger partial charge in [0, 0.05) is 28.1 Å². The van der Waals surface area contributed by atoms with E-state index < -0.39 is 5.91 Å². The first-order valence-electron chi connectivity index (χ1n) is 12.4. The predicted molar refractivity (Wildman–Crippen MR) is 155 cm³/mol. The lowest BCUT2D eigenvalue weighted by molar-refractivity contribution is -0.114. The number of amides is 1. The van der Waals surface area contributed by atoms with Gasteiger partial charge in [-0.2, -0.15) is 4.99 Å². The number of carbonyl (C=O) groups is 1. The van der Waals surface area contributed by atoms with Gasteiger partial charge in [0.1, 0.15) is 18.2 Å². The number of para-hydroxylation sites is 1. The number of nitrogens with zero attached hydrogens (tertiary/aromatic N) is 3. The number of hydrogen-bond acceptors (Lipinski definition) is 4. The largest absolute Gasteiger partial charge is 0.491 e. The first-order chi connectivity index (χ1) is 18.5. The Morgan fingerprint density at radius 3 is 2.63 bits per heavy atom. The topological polar surface area (TPSA) is 70.7 Å². The number of thioether (sulfide) groups is 1. The number of ether oxygens (including phenoxy) is 1. The lowest BCUT2D eigenvalue weighted by Crippen LogP contribution is -2.38. The van der Waals surface area contributed by atoms with Crippen molar-refractivity contribution >= 4 is 51.3 Å². The zero-order valence-corrected chi connectivity index (χ0v) is 22.0. The minimum Gasteiger partial charge on any atom is -0.491 e. The van der Waals surface area contributed by atoms with Gasteiger partial charge in [0.2, 0.25) is 0 Å². The van der Waals surface area contributed by atoms with Crippen molar-refractivity contribution in [2.45, 2.75) is 20.4 Å². The summed E-state index contributed by atoms with van der Waals surface area (Å²) >= 11 is 1.37. The molecule has 1 amide bonds. The SMILES string of the molecule is Cc1ccc(OCCn2cc(/C=C3/C(=N)N4C(c5ccccc5)=CSC4=NC3=O)c3ccccc32)c(C)c1. The van der Waals surface area contributed by atoms with E-state index in [2.05, 4.69) is 41.6 Å². The molecule has 0 unspecified atom stereocenters. The van der Waals surface area contributed by atoms with Crippen LogP contribution in [0, 0.1) is 19.3 Å². The van der Waals surface area contributed by atoms with Crippen LogP contribution in [0.5, 0.6) is 5.75 Å². The zero-order chi connectivity index (χ0) is 26.2. The Bertz CT molecular complexity index is 1680. The van der Waals surface area contributed by atoms with E-state index in [1.165, 1.54) is 17.3 Å². The molecule has 0 saturated heterocycles. The van der Waals surface area contributed by atoms with Crippen LogP contribution in [0.2, 0.25) is 0 Å². The van der Waals surface area contributed by atoms with Gasteiger partial charge in [-0.15, -0.1) is 0 Å². The molecule has 0 aliphatic carbocycles. The Morgan fingerprint density at radius 2 is 1.82 bits per heavy atom. The van der Waals surface area contributed by atoms with Crippen molar-refractivity contribution in [3.05, 3.63) is 112 Å². The molecule has 3 aromatic carbocycles. The van der Waals surface area contributed by atoms with Gasteiger partial charge in [-0.3, -0.25) is 15.1 Å². The average molecular weight is 519 g/mol. The average Bonchev–Trinajstić information content (AvgIpc) is 3.50. The molecular formula is C31H26N4O2S. The van der Waals surface area contributed by atoms with E-state index in [-0.39, 0.29) is 11.4 Å². The molecule has 0 radical (unpaired) electrons. The summed E-state index contributed by atoms with van der Waals surface area (Å²) in [5.41, 5.74) is 6.34. The Hall–Kier alpha value is -4.36. The van der Waals surface area contributed by atoms with Gasteiger partial charge in [-0.05, 0) is 43.2 Å². The van der Waals surface area contributed by atoms with E-state index >= 15 is 0 Å². The van der Waals surface area contributed by atoms with Crippen molar-refractivity contribution in [2.24, 2.45) is 4.99 Å². The molecule has 188 valence electrons. The quantitative estimate of drug-likeness (QED) is 0.291. The lowest BCUT2D eigenvalue weighted by atomic mass is 10.1. The Labute approximate surface area is 225 Å². The Morgan fingerprint density at radius 1 is 1.03 bits per heavy atom. The molecule has 0 spiro atoms. The fourth-order valence-electron chi connectivity index (χ4n) is 4.86. The van der Waals surface area contributed by atoms with Gasteiger partial charge < -0.3 is 9.30 Å². The van der Waals surface area contributed by atoms with Crippen LogP contribution in [0.25, 0.3) is 22.7 Å². The predicted octanol–water partition coefficient (Wildman–Crippen LogP) is 6.64. The number of aromatic nitrogens is 1. The number of amidine groups is 2. The molecule has 0 saturated carbocycles. The molecule has 6 rings (SSSR count). The zero-order valence-electron chi connectivity index (χ0n) is 21.1. The summed E-state index contributed by atoms with van der Waals surface area (Å²) in [6.07, 6.45) is 3.82. The van der Waals surface area contributed by atoms with Gasteiger partial charge >= 0.3 is 0 Å². The molecule has 6 nitrogen and oxygen atoms in total. The van der Waals surface area contributed by atoms with Gasteiger partial charge in [0.25, 0.3) is 5.91 Å². The van der Waals surface area contributed by atoms with Crippen molar-refractivity contribution in [3.8, 4) is 5.75 Å². The van der Waals surface area contributed by atoms with Crippen LogP contribution < -0.4 is 4.74 Å². The lowest BCUT2D eigenvalue weighted by Gasteiger charge is -2.26. The molecule has 2 aliphatic rings. The van der Waals surface area contributed by atoms with Crippen molar-refractivity contribution < 1.29 is 9.53 Å². The van der Waals surface area contributed by atoms with Crippen molar-refractivity contribution in [1.29, 1.82) is 5.41 Å². The van der Waals surface area contributed by atoms with E-state index in [4.69, 9.17) is 10.1 Å². The highest BCUT2D eigenvalue weighted by atomic mass is 32.2. The van der Waals surface area contributed by atoms with Crippen LogP contribution in [-0.4, -0.2) is 33.0 Å². The summed E-state index contributed by atoms with van der Waals surface area (Å²) in [6.45, 7) is 5.29. The third kappa shape index (κ3) is 4.35. The monoisotopic (exact) mass is 518 g/mol. The number of benzene rings is 3. The molecule has 0 bridgehead atoms. The van der Waals surface area contributed by atoms with Crippen molar-refractivity contribution in [1.82, 2.24) is 9.47 Å². The Balaban J connectivity index is 1.30. The summed E-state index contributed by atoms with van der Waals surface area (Å²) in [6, 6.07) is 24.1. The first kappa shape index (κ1) is 24.0. The van der Waals surface area contributed by atoms with Crippen LogP contribution in [0.4, 0.5) is 0 Å². The fourth-order valence-corrected chi connectivity index (χ4v) is 5.75. The number of aliphatic imine (C=N–C) groups is 1. The number of fused-ring (bicyclic) bond motifs is 2. The Kier molecular flexibility index (Phi) is 6.21. The highest BCUT2D eigenvalue weighted by Crippen LogP contribution is 2.37. The summed E-state index contributed by atoms with van der Waals surface area (Å²) in [5.74, 6) is 0.622. The van der Waals surface area contributed by atoms with Crippen LogP contribution in [0.3, 0.4) is 0 Å². The van der Waals surface area contributed by atoms with Gasteiger partial charge in [0.05, 0.1) is 17.8 Å². The molecule has 38 heavy (non-hydrogen) atoms. The van der Waals surface area contributed by atoms with Gasteiger partial charge in [0.15, 0.2) is 5.17 Å². The molecule has 2 aliphatic heterocycles. The van der Waals surface area contributed by atoms with Crippen LogP contribution in [0.1, 0.15) is 22.3 Å². The second-order valence-corrected chi connectivity index (χ2v) is 10.2. The number of nitrogens with one attached hydrogen (secondary N) is 1. The third-order valence-electron chi connectivity index (χ3n) is 6.72. The molecular weight excluding hydrogens is 492 g/mol. The minimum atomic E-state index is -0.397. The van der Waals surface area contributed by atoms with Crippen LogP contribution >= 0.6 is 11.8 Å². The maximum absolute atomic E-state index is 13.0. The fraction of sp³-hybridized carbons (Fsp3) is 0.129. The number of aryl methyl sites for hydroxylation is 2. The smallest absolute Gasteiger partial charge is 0.283 e. The second-order valence-electron chi connectivity index (χ2n) is 9.34. The molecule has 1 aromatic heterocycles. The van der Waals surface area contributed by atoms with Gasteiger partial charge in [-0.1, -0.05) is 78.0 Å². The van der Waals surface area contributed by atoms with E-state index in [0.717, 1.165) is 39.0 Å². The molecule has 7 heteroatoms. The summed E-state index contributed by atoms with van der Waals surface area (Å²) in [7, 11) is 0.